The fourth-order valence-electron chi connectivity index (χ4n) is 6.46. The number of hydrogen-bond donors (Lipinski definition) is 5. The van der Waals surface area contributed by atoms with Gasteiger partial charge in [0, 0.05) is 24.4 Å². The van der Waals surface area contributed by atoms with Gasteiger partial charge in [0.15, 0.2) is 5.82 Å². The predicted octanol–water partition coefficient (Wildman–Crippen LogP) is 4.40. The summed E-state index contributed by atoms with van der Waals surface area (Å²) in [5, 5.41) is 5.88. The van der Waals surface area contributed by atoms with Crippen LogP contribution < -0.4 is 22.1 Å². The molecule has 0 saturated carbocycles. The number of methoxy groups -OCH3 is 1. The maximum Gasteiger partial charge on any atom is 0.407 e. The van der Waals surface area contributed by atoms with E-state index in [1.165, 1.54) is 7.11 Å². The zero-order valence-corrected chi connectivity index (χ0v) is 30.0. The molecule has 4 atom stereocenters. The standard InChI is InChI=1S/C38H49N9O4/c1-22(2)32(40)36(48)47-20-8-10-31(47)35-41-21-29(44-35)26-14-11-25(12-15-26)13-16-27-17-18-28(39)34(43-27)42-24(5)30-9-7-19-46(30)37(49)33(23(3)4)45-38(50)51-6/h11-12,14-15,17-18,21-23,30-33H,5,7-10,19-20,39-40H2,1-4,6H3,(H,41,44)(H,42,43)(H,45,50)/t30-,31-,32-,33-/m0/s1. The van der Waals surface area contributed by atoms with Gasteiger partial charge in [0.25, 0.3) is 0 Å². The summed E-state index contributed by atoms with van der Waals surface area (Å²) >= 11 is 0. The molecule has 0 spiro atoms. The van der Waals surface area contributed by atoms with Crippen molar-refractivity contribution in [1.82, 2.24) is 30.1 Å². The molecule has 4 heterocycles. The third kappa shape index (κ3) is 8.52. The first-order chi connectivity index (χ1) is 24.4. The van der Waals surface area contributed by atoms with Crippen LogP contribution in [0.4, 0.5) is 16.3 Å². The van der Waals surface area contributed by atoms with Crippen molar-refractivity contribution in [2.45, 2.75) is 77.5 Å². The van der Waals surface area contributed by atoms with Crippen molar-refractivity contribution < 1.29 is 19.1 Å². The second-order valence-corrected chi connectivity index (χ2v) is 13.8. The minimum absolute atomic E-state index is 0.0320. The highest BCUT2D eigenvalue weighted by Crippen LogP contribution is 2.33. The number of nitrogen functional groups attached to an aromatic ring is 1. The minimum Gasteiger partial charge on any atom is -0.453 e. The molecule has 3 aromatic rings. The molecule has 0 aliphatic carbocycles. The summed E-state index contributed by atoms with van der Waals surface area (Å²) in [5.41, 5.74) is 16.6. The van der Waals surface area contributed by atoms with E-state index in [-0.39, 0.29) is 35.7 Å². The summed E-state index contributed by atoms with van der Waals surface area (Å²) in [7, 11) is 1.27. The lowest BCUT2D eigenvalue weighted by Crippen LogP contribution is -2.53. The van der Waals surface area contributed by atoms with Crippen LogP contribution in [0.3, 0.4) is 0 Å². The number of aromatic amines is 1. The second kappa shape index (κ2) is 16.1. The molecule has 1 aromatic carbocycles. The Morgan fingerprint density at radius 3 is 2.37 bits per heavy atom. The van der Waals surface area contributed by atoms with Crippen LogP contribution in [0.25, 0.3) is 11.3 Å². The van der Waals surface area contributed by atoms with Crippen molar-refractivity contribution in [1.29, 1.82) is 0 Å². The maximum atomic E-state index is 13.5. The average molecular weight is 696 g/mol. The van der Waals surface area contributed by atoms with E-state index >= 15 is 0 Å². The van der Waals surface area contributed by atoms with Crippen LogP contribution in [0.2, 0.25) is 0 Å². The Kier molecular flexibility index (Phi) is 11.7. The second-order valence-electron chi connectivity index (χ2n) is 13.8. The molecule has 5 rings (SSSR count). The first kappa shape index (κ1) is 36.9. The van der Waals surface area contributed by atoms with Gasteiger partial charge in [0.1, 0.15) is 17.6 Å². The molecule has 2 fully saturated rings. The van der Waals surface area contributed by atoms with Gasteiger partial charge < -0.3 is 41.6 Å². The number of benzene rings is 1. The van der Waals surface area contributed by atoms with E-state index in [2.05, 4.69) is 44.0 Å². The maximum absolute atomic E-state index is 13.5. The number of nitrogens with zero attached hydrogens (tertiary/aromatic N) is 4. The number of rotatable bonds is 10. The zero-order valence-electron chi connectivity index (χ0n) is 30.0. The van der Waals surface area contributed by atoms with Crippen molar-refractivity contribution in [2.24, 2.45) is 17.6 Å². The molecule has 13 heteroatoms. The largest absolute Gasteiger partial charge is 0.453 e. The monoisotopic (exact) mass is 695 g/mol. The van der Waals surface area contributed by atoms with Gasteiger partial charge in [-0.15, -0.1) is 0 Å². The highest BCUT2D eigenvalue weighted by atomic mass is 16.5. The Bertz CT molecular complexity index is 1810. The molecule has 2 aliphatic rings. The van der Waals surface area contributed by atoms with Gasteiger partial charge in [-0.2, -0.15) is 0 Å². The molecule has 51 heavy (non-hydrogen) atoms. The number of nitrogens with two attached hydrogens (primary N) is 2. The first-order valence-electron chi connectivity index (χ1n) is 17.5. The Balaban J connectivity index is 1.24. The van der Waals surface area contributed by atoms with Crippen molar-refractivity contribution >= 4 is 29.4 Å². The molecule has 2 saturated heterocycles. The zero-order chi connectivity index (χ0) is 36.8. The van der Waals surface area contributed by atoms with Gasteiger partial charge in [-0.3, -0.25) is 9.59 Å². The summed E-state index contributed by atoms with van der Waals surface area (Å²) in [6, 6.07) is 9.61. The molecular weight excluding hydrogens is 646 g/mol. The van der Waals surface area contributed by atoms with Crippen LogP contribution in [0.15, 0.2) is 54.9 Å². The van der Waals surface area contributed by atoms with E-state index in [4.69, 9.17) is 16.2 Å². The number of pyridine rings is 1. The molecule has 13 nitrogen and oxygen atoms in total. The van der Waals surface area contributed by atoms with E-state index in [9.17, 15) is 14.4 Å². The van der Waals surface area contributed by atoms with Crippen LogP contribution >= 0.6 is 0 Å². The number of amides is 3. The van der Waals surface area contributed by atoms with Crippen LogP contribution in [0, 0.1) is 23.7 Å². The van der Waals surface area contributed by atoms with Gasteiger partial charge in [0.05, 0.1) is 42.8 Å². The van der Waals surface area contributed by atoms with Crippen molar-refractivity contribution in [2.75, 3.05) is 31.2 Å². The Labute approximate surface area is 299 Å². The highest BCUT2D eigenvalue weighted by Gasteiger charge is 2.37. The van der Waals surface area contributed by atoms with Crippen LogP contribution in [-0.4, -0.2) is 81.0 Å². The summed E-state index contributed by atoms with van der Waals surface area (Å²) < 4.78 is 4.73. The normalized spacial score (nSPS) is 18.3. The summed E-state index contributed by atoms with van der Waals surface area (Å²) in [4.78, 5) is 54.6. The lowest BCUT2D eigenvalue weighted by Gasteiger charge is -2.32. The fraction of sp³-hybridized carbons (Fsp3) is 0.447. The van der Waals surface area contributed by atoms with Gasteiger partial charge in [-0.05, 0) is 73.3 Å². The van der Waals surface area contributed by atoms with Gasteiger partial charge in [-0.1, -0.05) is 52.3 Å². The molecule has 3 amide bonds. The molecule has 0 unspecified atom stereocenters. The van der Waals surface area contributed by atoms with Crippen LogP contribution in [0.1, 0.15) is 76.5 Å². The average Bonchev–Trinajstić information content (AvgIpc) is 3.91. The number of carbonyl (C=O) groups is 3. The van der Waals surface area contributed by atoms with Gasteiger partial charge in [0.2, 0.25) is 11.8 Å². The Morgan fingerprint density at radius 1 is 0.980 bits per heavy atom. The lowest BCUT2D eigenvalue weighted by atomic mass is 10.0. The third-order valence-electron chi connectivity index (χ3n) is 9.52. The summed E-state index contributed by atoms with van der Waals surface area (Å²) in [6.45, 7) is 13.1. The number of nitrogens with one attached hydrogen (secondary N) is 3. The number of H-pyrrole nitrogens is 1. The Morgan fingerprint density at radius 2 is 1.69 bits per heavy atom. The molecule has 2 aliphatic heterocycles. The summed E-state index contributed by atoms with van der Waals surface area (Å²) in [5.74, 6) is 7.14. The Hall–Kier alpha value is -5.35. The van der Waals surface area contributed by atoms with E-state index in [0.29, 0.717) is 42.4 Å². The number of imidazole rings is 1. The van der Waals surface area contributed by atoms with Crippen LogP contribution in [0.5, 0.6) is 0 Å². The SMILES string of the molecule is C=C(Nc1nc(C#Cc2ccc(-c3cnc([C@@H]4CCCN4C(=O)[C@@H](N)C(C)C)[nH]3)cc2)ccc1N)[C@@H]1CCCN1C(=O)[C@@H](NC(=O)OC)C(C)C. The summed E-state index contributed by atoms with van der Waals surface area (Å²) in [6.07, 6.45) is 4.40. The van der Waals surface area contributed by atoms with E-state index in [1.54, 1.807) is 23.2 Å². The molecule has 0 bridgehead atoms. The topological polar surface area (TPSA) is 185 Å². The van der Waals surface area contributed by atoms with Crippen molar-refractivity contribution in [3.8, 4) is 23.1 Å². The first-order valence-corrected chi connectivity index (χ1v) is 17.5. The fourth-order valence-corrected chi connectivity index (χ4v) is 6.46. The molecule has 270 valence electrons. The molecule has 0 radical (unpaired) electrons. The van der Waals surface area contributed by atoms with Crippen LogP contribution in [-0.2, 0) is 14.3 Å². The highest BCUT2D eigenvalue weighted by molar-refractivity contribution is 5.87. The quantitative estimate of drug-likeness (QED) is 0.192. The van der Waals surface area contributed by atoms with Crippen molar-refractivity contribution in [3.63, 3.8) is 0 Å². The van der Waals surface area contributed by atoms with Gasteiger partial charge in [-0.25, -0.2) is 14.8 Å². The van der Waals surface area contributed by atoms with Crippen molar-refractivity contribution in [3.05, 3.63) is 72.0 Å². The van der Waals surface area contributed by atoms with Gasteiger partial charge >= 0.3 is 6.09 Å². The number of aromatic nitrogens is 3. The molecule has 2 aromatic heterocycles. The number of carbonyl (C=O) groups excluding carboxylic acids is 3. The minimum atomic E-state index is -0.729. The number of alkyl carbamates (subject to hydrolysis) is 1. The molecule has 7 N–H and O–H groups in total. The number of likely N-dealkylation sites (tertiary alicyclic amines) is 2. The lowest BCUT2D eigenvalue weighted by molar-refractivity contribution is -0.135. The third-order valence-corrected chi connectivity index (χ3v) is 9.52. The van der Waals surface area contributed by atoms with E-state index in [1.807, 2.05) is 56.9 Å². The predicted molar refractivity (Wildman–Crippen MR) is 197 cm³/mol. The number of anilines is 2. The number of hydrogen-bond acceptors (Lipinski definition) is 9. The smallest absolute Gasteiger partial charge is 0.407 e. The molecular formula is C38H49N9O4. The van der Waals surface area contributed by atoms with E-state index < -0.39 is 18.2 Å². The van der Waals surface area contributed by atoms with E-state index in [0.717, 1.165) is 41.9 Å². The number of ether oxygens (including phenoxy) is 1.